The number of carboxylic acids is 1. The Kier molecular flexibility index (Phi) is 8.61. The molecule has 0 amide bonds. The first-order chi connectivity index (χ1) is 19.1. The van der Waals surface area contributed by atoms with E-state index in [4.69, 9.17) is 9.47 Å². The number of sulfonamides is 1. The van der Waals surface area contributed by atoms with Crippen LogP contribution in [0.1, 0.15) is 66.7 Å². The van der Waals surface area contributed by atoms with E-state index in [-0.39, 0.29) is 11.5 Å². The summed E-state index contributed by atoms with van der Waals surface area (Å²) in [6.45, 7) is 9.50. The number of anilines is 1. The summed E-state index contributed by atoms with van der Waals surface area (Å²) in [5.74, 6) is -0.761. The maximum atomic E-state index is 13.5. The molecule has 0 saturated heterocycles. The van der Waals surface area contributed by atoms with Crippen LogP contribution in [0, 0.1) is 19.7 Å². The van der Waals surface area contributed by atoms with E-state index in [0.717, 1.165) is 36.0 Å². The number of halogens is 1. The van der Waals surface area contributed by atoms with Gasteiger partial charge >= 0.3 is 5.97 Å². The molecule has 1 atom stereocenters. The maximum Gasteiger partial charge on any atom is 0.337 e. The summed E-state index contributed by atoms with van der Waals surface area (Å²) in [5.41, 5.74) is 4.61. The third-order valence-corrected chi connectivity index (χ3v) is 7.43. The average Bonchev–Trinajstić information content (AvgIpc) is 2.88. The molecule has 3 aromatic rings. The molecule has 41 heavy (non-hydrogen) atoms. The van der Waals surface area contributed by atoms with E-state index in [2.05, 4.69) is 4.72 Å². The minimum atomic E-state index is -3.75. The minimum absolute atomic E-state index is 0.257. The molecule has 218 valence electrons. The van der Waals surface area contributed by atoms with E-state index in [1.807, 2.05) is 25.1 Å². The lowest BCUT2D eigenvalue weighted by Crippen LogP contribution is -2.29. The monoisotopic (exact) mass is 581 g/mol. The number of carbonyl (C=O) groups is 1. The van der Waals surface area contributed by atoms with Crippen molar-refractivity contribution >= 4 is 33.8 Å². The number of ether oxygens (including phenoxy) is 2. The zero-order chi connectivity index (χ0) is 30.1. The van der Waals surface area contributed by atoms with Crippen molar-refractivity contribution < 1.29 is 32.2 Å². The van der Waals surface area contributed by atoms with Crippen molar-refractivity contribution in [1.82, 2.24) is 0 Å². The first-order valence-electron chi connectivity index (χ1n) is 13.4. The molecular formula is C32H36FNO6S. The normalized spacial score (nSPS) is 14.4. The summed E-state index contributed by atoms with van der Waals surface area (Å²) in [6.07, 6.45) is 4.88. The first kappa shape index (κ1) is 30.3. The molecule has 0 fully saturated rings. The van der Waals surface area contributed by atoms with E-state index in [1.165, 1.54) is 12.1 Å². The summed E-state index contributed by atoms with van der Waals surface area (Å²) in [7, 11) is -3.75. The summed E-state index contributed by atoms with van der Waals surface area (Å²) in [5, 5.41) is 10.4. The van der Waals surface area contributed by atoms with E-state index in [0.29, 0.717) is 40.0 Å². The lowest BCUT2D eigenvalue weighted by Gasteiger charge is -2.31. The minimum Gasteiger partial charge on any atom is -0.493 e. The molecule has 0 aliphatic carbocycles. The van der Waals surface area contributed by atoms with Gasteiger partial charge in [0.05, 0.1) is 24.2 Å². The van der Waals surface area contributed by atoms with Gasteiger partial charge < -0.3 is 14.6 Å². The first-order valence-corrected chi connectivity index (χ1v) is 15.3. The molecule has 7 nitrogen and oxygen atoms in total. The van der Waals surface area contributed by atoms with Gasteiger partial charge in [-0.25, -0.2) is 17.6 Å². The highest BCUT2D eigenvalue weighted by Gasteiger charge is 2.34. The third kappa shape index (κ3) is 7.15. The molecule has 2 N–H and O–H groups in total. The Morgan fingerprint density at radius 1 is 1.10 bits per heavy atom. The van der Waals surface area contributed by atoms with Gasteiger partial charge in [0.1, 0.15) is 11.6 Å². The predicted molar refractivity (Wildman–Crippen MR) is 160 cm³/mol. The van der Waals surface area contributed by atoms with Gasteiger partial charge in [-0.05, 0) is 105 Å². The smallest absolute Gasteiger partial charge is 0.337 e. The molecule has 3 aromatic carbocycles. The van der Waals surface area contributed by atoms with Crippen LogP contribution in [-0.2, 0) is 26.0 Å². The number of hydrogen-bond donors (Lipinski definition) is 2. The number of carboxylic acid groups (broad SMARTS) is 1. The second kappa shape index (κ2) is 11.7. The van der Waals surface area contributed by atoms with Gasteiger partial charge in [-0.1, -0.05) is 30.4 Å². The van der Waals surface area contributed by atoms with Crippen molar-refractivity contribution in [3.63, 3.8) is 0 Å². The predicted octanol–water partition coefficient (Wildman–Crippen LogP) is 6.92. The van der Waals surface area contributed by atoms with Gasteiger partial charge in [-0.3, -0.25) is 4.72 Å². The van der Waals surface area contributed by atoms with Crippen molar-refractivity contribution in [2.75, 3.05) is 17.6 Å². The van der Waals surface area contributed by atoms with Crippen LogP contribution >= 0.6 is 0 Å². The molecule has 9 heteroatoms. The van der Waals surface area contributed by atoms with Crippen LogP contribution in [0.2, 0.25) is 0 Å². The fourth-order valence-electron chi connectivity index (χ4n) is 5.13. The molecule has 0 saturated carbocycles. The summed E-state index contributed by atoms with van der Waals surface area (Å²) in [6, 6.07) is 11.7. The molecule has 1 aliphatic heterocycles. The van der Waals surface area contributed by atoms with Gasteiger partial charge in [0.2, 0.25) is 10.0 Å². The van der Waals surface area contributed by atoms with Crippen molar-refractivity contribution in [3.05, 3.63) is 81.7 Å². The number of rotatable bonds is 8. The van der Waals surface area contributed by atoms with Crippen LogP contribution in [0.4, 0.5) is 10.1 Å². The Hall–Kier alpha value is -3.69. The summed E-state index contributed by atoms with van der Waals surface area (Å²) in [4.78, 5) is 12.7. The highest BCUT2D eigenvalue weighted by atomic mass is 32.2. The average molecular weight is 582 g/mol. The molecule has 0 spiro atoms. The molecule has 0 bridgehead atoms. The zero-order valence-electron chi connectivity index (χ0n) is 24.2. The Bertz CT molecular complexity index is 1600. The molecule has 1 heterocycles. The van der Waals surface area contributed by atoms with Crippen molar-refractivity contribution in [1.29, 1.82) is 0 Å². The van der Waals surface area contributed by atoms with Gasteiger partial charge in [0.15, 0.2) is 6.10 Å². The molecule has 1 unspecified atom stereocenters. The Labute approximate surface area is 241 Å². The van der Waals surface area contributed by atoms with Gasteiger partial charge in [0.25, 0.3) is 0 Å². The van der Waals surface area contributed by atoms with Crippen molar-refractivity contribution in [2.24, 2.45) is 0 Å². The third-order valence-electron chi connectivity index (χ3n) is 6.85. The van der Waals surface area contributed by atoms with Crippen LogP contribution in [0.25, 0.3) is 23.3 Å². The fraction of sp³-hybridized carbons (Fsp3) is 0.344. The largest absolute Gasteiger partial charge is 0.493 e. The lowest BCUT2D eigenvalue weighted by atomic mass is 9.83. The van der Waals surface area contributed by atoms with E-state index >= 15 is 0 Å². The van der Waals surface area contributed by atoms with Crippen molar-refractivity contribution in [2.45, 2.75) is 59.2 Å². The van der Waals surface area contributed by atoms with Gasteiger partial charge in [-0.15, -0.1) is 0 Å². The van der Waals surface area contributed by atoms with Crippen LogP contribution in [0.15, 0.2) is 42.5 Å². The van der Waals surface area contributed by atoms with E-state index < -0.39 is 27.7 Å². The number of aryl methyl sites for hydroxylation is 1. The Morgan fingerprint density at radius 2 is 1.78 bits per heavy atom. The SMILES string of the molecule is Cc1c(/C=C/c2ccc(F)cc2)c(NS(C)(=O)=O)c(C)c(C(OC(C)(C)C)C(=O)O)c1-c1ccc2c(c1)CCCO2. The zero-order valence-corrected chi connectivity index (χ0v) is 25.0. The Balaban J connectivity index is 2.08. The van der Waals surface area contributed by atoms with Crippen LogP contribution in [0.3, 0.4) is 0 Å². The van der Waals surface area contributed by atoms with E-state index in [9.17, 15) is 22.7 Å². The number of aliphatic carboxylic acids is 1. The van der Waals surface area contributed by atoms with Gasteiger partial charge in [0, 0.05) is 11.1 Å². The second-order valence-electron chi connectivity index (χ2n) is 11.3. The number of fused-ring (bicyclic) bond motifs is 1. The van der Waals surface area contributed by atoms with E-state index in [1.54, 1.807) is 52.0 Å². The molecular weight excluding hydrogens is 545 g/mol. The second-order valence-corrected chi connectivity index (χ2v) is 13.1. The molecule has 4 rings (SSSR count). The Morgan fingerprint density at radius 3 is 2.39 bits per heavy atom. The fourth-order valence-corrected chi connectivity index (χ4v) is 5.76. The number of nitrogens with one attached hydrogen (secondary N) is 1. The van der Waals surface area contributed by atoms with Crippen LogP contribution in [-0.4, -0.2) is 38.0 Å². The van der Waals surface area contributed by atoms with Crippen molar-refractivity contribution in [3.8, 4) is 16.9 Å². The maximum absolute atomic E-state index is 13.5. The lowest BCUT2D eigenvalue weighted by molar-refractivity contribution is -0.160. The highest BCUT2D eigenvalue weighted by Crippen LogP contribution is 2.45. The molecule has 0 radical (unpaired) electrons. The quantitative estimate of drug-likeness (QED) is 0.280. The topological polar surface area (TPSA) is 102 Å². The number of hydrogen-bond acceptors (Lipinski definition) is 5. The van der Waals surface area contributed by atoms with Crippen LogP contribution in [0.5, 0.6) is 5.75 Å². The summed E-state index contributed by atoms with van der Waals surface area (Å²) < 4.78 is 53.1. The van der Waals surface area contributed by atoms with Gasteiger partial charge in [-0.2, -0.15) is 0 Å². The molecule has 0 aromatic heterocycles. The van der Waals surface area contributed by atoms with Crippen LogP contribution < -0.4 is 9.46 Å². The highest BCUT2D eigenvalue weighted by molar-refractivity contribution is 7.92. The number of benzene rings is 3. The summed E-state index contributed by atoms with van der Waals surface area (Å²) >= 11 is 0. The standard InChI is InChI=1S/C32H36FNO6S/c1-19-25(15-11-21-9-13-24(33)14-10-21)29(34-41(6,37)38)20(2)28(30(31(35)36)40-32(3,4)5)27(19)23-12-16-26-22(18-23)8-7-17-39-26/h9-16,18,30,34H,7-8,17H2,1-6H3,(H,35,36)/b15-11+. The molecule has 1 aliphatic rings.